The average Bonchev–Trinajstić information content (AvgIpc) is 2.60. The van der Waals surface area contributed by atoms with E-state index in [0.717, 1.165) is 23.4 Å². The molecule has 4 heteroatoms. The lowest BCUT2D eigenvalue weighted by molar-refractivity contribution is 0.104. The van der Waals surface area contributed by atoms with Gasteiger partial charge in [-0.05, 0) is 48.5 Å². The summed E-state index contributed by atoms with van der Waals surface area (Å²) in [6, 6.07) is 15.1. The number of carbonyl (C=O) groups is 1. The highest BCUT2D eigenvalue weighted by atomic mass is 16.5. The normalized spacial score (nSPS) is 11.2. The predicted molar refractivity (Wildman–Crippen MR) is 96.2 cm³/mol. The predicted octanol–water partition coefficient (Wildman–Crippen LogP) is 3.02. The van der Waals surface area contributed by atoms with Crippen LogP contribution in [-0.2, 0) is 6.54 Å². The van der Waals surface area contributed by atoms with Crippen molar-refractivity contribution in [3.05, 3.63) is 71.3 Å². The molecule has 0 aliphatic carbocycles. The first-order valence-electron chi connectivity index (χ1n) is 7.87. The zero-order valence-corrected chi connectivity index (χ0v) is 14.1. The maximum absolute atomic E-state index is 12.2. The van der Waals surface area contributed by atoms with Crippen molar-refractivity contribution >= 4 is 11.9 Å². The standard InChI is InChI=1S/C20H23NO3/c1-21(12-13-22)15-17-5-3-4-16(14-17)6-11-20(23)18-7-9-19(24-2)10-8-18/h3-11,14,22H,12-13,15H2,1-2H3/b11-6+. The highest BCUT2D eigenvalue weighted by Crippen LogP contribution is 2.13. The van der Waals surface area contributed by atoms with Gasteiger partial charge in [-0.15, -0.1) is 0 Å². The third-order valence-electron chi connectivity index (χ3n) is 3.69. The molecule has 0 aliphatic heterocycles. The number of methoxy groups -OCH3 is 1. The van der Waals surface area contributed by atoms with Gasteiger partial charge in [-0.1, -0.05) is 30.3 Å². The number of rotatable bonds is 8. The second-order valence-corrected chi connectivity index (χ2v) is 5.63. The molecule has 2 rings (SSSR count). The van der Waals surface area contributed by atoms with Gasteiger partial charge in [0, 0.05) is 18.7 Å². The maximum atomic E-state index is 12.2. The summed E-state index contributed by atoms with van der Waals surface area (Å²) in [6.45, 7) is 1.54. The average molecular weight is 325 g/mol. The minimum absolute atomic E-state index is 0.0412. The Morgan fingerprint density at radius 1 is 1.21 bits per heavy atom. The number of likely N-dealkylation sites (N-methyl/N-ethyl adjacent to an activating group) is 1. The Bertz CT molecular complexity index is 692. The molecule has 0 fully saturated rings. The van der Waals surface area contributed by atoms with Gasteiger partial charge in [0.1, 0.15) is 5.75 Å². The Morgan fingerprint density at radius 2 is 1.96 bits per heavy atom. The van der Waals surface area contributed by atoms with Gasteiger partial charge in [-0.2, -0.15) is 0 Å². The molecule has 2 aromatic carbocycles. The molecule has 0 amide bonds. The van der Waals surface area contributed by atoms with Crippen LogP contribution in [0.25, 0.3) is 6.08 Å². The van der Waals surface area contributed by atoms with Crippen LogP contribution in [0.3, 0.4) is 0 Å². The van der Waals surface area contributed by atoms with Crippen molar-refractivity contribution in [1.29, 1.82) is 0 Å². The molecule has 0 aliphatic rings. The second kappa shape index (κ2) is 9.01. The number of ether oxygens (including phenoxy) is 1. The topological polar surface area (TPSA) is 49.8 Å². The van der Waals surface area contributed by atoms with Crippen molar-refractivity contribution in [2.45, 2.75) is 6.54 Å². The van der Waals surface area contributed by atoms with Crippen LogP contribution in [0.4, 0.5) is 0 Å². The summed E-state index contributed by atoms with van der Waals surface area (Å²) in [7, 11) is 3.56. The third kappa shape index (κ3) is 5.33. The highest BCUT2D eigenvalue weighted by Gasteiger charge is 2.03. The molecule has 0 aromatic heterocycles. The first kappa shape index (κ1) is 17.9. The first-order chi connectivity index (χ1) is 11.6. The van der Waals surface area contributed by atoms with Crippen LogP contribution in [0, 0.1) is 0 Å². The lowest BCUT2D eigenvalue weighted by atomic mass is 10.1. The zero-order valence-electron chi connectivity index (χ0n) is 14.1. The van der Waals surface area contributed by atoms with E-state index in [1.165, 1.54) is 0 Å². The van der Waals surface area contributed by atoms with Gasteiger partial charge in [0.05, 0.1) is 13.7 Å². The molecule has 24 heavy (non-hydrogen) atoms. The van der Waals surface area contributed by atoms with Crippen molar-refractivity contribution in [1.82, 2.24) is 4.90 Å². The Morgan fingerprint density at radius 3 is 2.62 bits per heavy atom. The molecular formula is C20H23NO3. The molecule has 0 saturated heterocycles. The lowest BCUT2D eigenvalue weighted by Crippen LogP contribution is -2.21. The van der Waals surface area contributed by atoms with Gasteiger partial charge in [0.15, 0.2) is 5.78 Å². The van der Waals surface area contributed by atoms with Crippen molar-refractivity contribution < 1.29 is 14.6 Å². The van der Waals surface area contributed by atoms with Crippen molar-refractivity contribution in [3.63, 3.8) is 0 Å². The zero-order chi connectivity index (χ0) is 17.4. The smallest absolute Gasteiger partial charge is 0.185 e. The molecule has 0 atom stereocenters. The molecule has 0 heterocycles. The minimum atomic E-state index is -0.0412. The van der Waals surface area contributed by atoms with E-state index < -0.39 is 0 Å². The summed E-state index contributed by atoms with van der Waals surface area (Å²) in [5.41, 5.74) is 2.75. The van der Waals surface area contributed by atoms with Gasteiger partial charge in [-0.25, -0.2) is 0 Å². The molecule has 0 saturated carbocycles. The van der Waals surface area contributed by atoms with Gasteiger partial charge in [-0.3, -0.25) is 9.69 Å². The fourth-order valence-corrected chi connectivity index (χ4v) is 2.38. The summed E-state index contributed by atoms with van der Waals surface area (Å²) in [5, 5.41) is 8.96. The summed E-state index contributed by atoms with van der Waals surface area (Å²) in [6.07, 6.45) is 3.40. The first-order valence-corrected chi connectivity index (χ1v) is 7.87. The molecule has 4 nitrogen and oxygen atoms in total. The number of hydrogen-bond donors (Lipinski definition) is 1. The Kier molecular flexibility index (Phi) is 6.73. The van der Waals surface area contributed by atoms with Crippen molar-refractivity contribution in [2.75, 3.05) is 27.3 Å². The summed E-state index contributed by atoms with van der Waals surface area (Å²) < 4.78 is 5.09. The number of carbonyl (C=O) groups excluding carboxylic acids is 1. The number of hydrogen-bond acceptors (Lipinski definition) is 4. The van der Waals surface area contributed by atoms with Crippen LogP contribution < -0.4 is 4.74 Å². The molecule has 126 valence electrons. The van der Waals surface area contributed by atoms with Crippen LogP contribution in [-0.4, -0.2) is 43.1 Å². The highest BCUT2D eigenvalue weighted by molar-refractivity contribution is 6.06. The van der Waals surface area contributed by atoms with E-state index >= 15 is 0 Å². The molecule has 0 unspecified atom stereocenters. The Hall–Kier alpha value is -2.43. The van der Waals surface area contributed by atoms with E-state index in [2.05, 4.69) is 0 Å². The van der Waals surface area contributed by atoms with Crippen molar-refractivity contribution in [3.8, 4) is 5.75 Å². The fraction of sp³-hybridized carbons (Fsp3) is 0.250. The van der Waals surface area contributed by atoms with E-state index in [-0.39, 0.29) is 12.4 Å². The van der Waals surface area contributed by atoms with Gasteiger partial charge >= 0.3 is 0 Å². The van der Waals surface area contributed by atoms with Crippen LogP contribution in [0.15, 0.2) is 54.6 Å². The van der Waals surface area contributed by atoms with Gasteiger partial charge in [0.25, 0.3) is 0 Å². The number of ketones is 1. The summed E-state index contributed by atoms with van der Waals surface area (Å²) >= 11 is 0. The maximum Gasteiger partial charge on any atom is 0.185 e. The molecule has 2 aromatic rings. The van der Waals surface area contributed by atoms with E-state index in [9.17, 15) is 4.79 Å². The largest absolute Gasteiger partial charge is 0.497 e. The number of benzene rings is 2. The second-order valence-electron chi connectivity index (χ2n) is 5.63. The van der Waals surface area contributed by atoms with Crippen LogP contribution >= 0.6 is 0 Å². The van der Waals surface area contributed by atoms with E-state index in [1.807, 2.05) is 42.3 Å². The van der Waals surface area contributed by atoms with E-state index in [0.29, 0.717) is 12.1 Å². The van der Waals surface area contributed by atoms with E-state index in [1.54, 1.807) is 37.5 Å². The van der Waals surface area contributed by atoms with Crippen molar-refractivity contribution in [2.24, 2.45) is 0 Å². The minimum Gasteiger partial charge on any atom is -0.497 e. The van der Waals surface area contributed by atoms with Gasteiger partial charge < -0.3 is 9.84 Å². The molecule has 0 bridgehead atoms. The molecule has 0 spiro atoms. The monoisotopic (exact) mass is 325 g/mol. The molecule has 0 radical (unpaired) electrons. The van der Waals surface area contributed by atoms with Crippen LogP contribution in [0.1, 0.15) is 21.5 Å². The summed E-state index contributed by atoms with van der Waals surface area (Å²) in [5.74, 6) is 0.690. The lowest BCUT2D eigenvalue weighted by Gasteiger charge is -2.15. The summed E-state index contributed by atoms with van der Waals surface area (Å²) in [4.78, 5) is 14.2. The molecule has 1 N–H and O–H groups in total. The van der Waals surface area contributed by atoms with Crippen LogP contribution in [0.2, 0.25) is 0 Å². The number of aliphatic hydroxyl groups excluding tert-OH is 1. The number of allylic oxidation sites excluding steroid dienone is 1. The number of nitrogens with zero attached hydrogens (tertiary/aromatic N) is 1. The Balaban J connectivity index is 2.03. The molecular weight excluding hydrogens is 302 g/mol. The van der Waals surface area contributed by atoms with E-state index in [4.69, 9.17) is 9.84 Å². The SMILES string of the molecule is COc1ccc(C(=O)/C=C/c2cccc(CN(C)CCO)c2)cc1. The quantitative estimate of drug-likeness (QED) is 0.599. The fourth-order valence-electron chi connectivity index (χ4n) is 2.38. The van der Waals surface area contributed by atoms with Gasteiger partial charge in [0.2, 0.25) is 0 Å². The third-order valence-corrected chi connectivity index (χ3v) is 3.69. The Labute approximate surface area is 143 Å². The van der Waals surface area contributed by atoms with Crippen LogP contribution in [0.5, 0.6) is 5.75 Å². The number of aliphatic hydroxyl groups is 1.